The van der Waals surface area contributed by atoms with Crippen LogP contribution >= 0.6 is 27.7 Å². The molecule has 4 heterocycles. The highest BCUT2D eigenvalue weighted by Crippen LogP contribution is 2.43. The molecule has 0 aliphatic carbocycles. The molecule has 3 aromatic rings. The molecule has 0 bridgehead atoms. The fraction of sp³-hybridized carbons (Fsp3) is 0.480. The topological polar surface area (TPSA) is 135 Å². The average molecular weight is 606 g/mol. The third-order valence-electron chi connectivity index (χ3n) is 6.73. The Morgan fingerprint density at radius 1 is 1.21 bits per heavy atom. The lowest BCUT2D eigenvalue weighted by atomic mass is 9.92. The summed E-state index contributed by atoms with van der Waals surface area (Å²) in [4.78, 5) is 40.4. The van der Waals surface area contributed by atoms with E-state index in [1.807, 2.05) is 12.1 Å². The fourth-order valence-electron chi connectivity index (χ4n) is 4.81. The second-order valence-corrected chi connectivity index (χ2v) is 11.7. The Bertz CT molecular complexity index is 1390. The molecule has 0 spiro atoms. The van der Waals surface area contributed by atoms with Gasteiger partial charge in [0, 0.05) is 35.9 Å². The van der Waals surface area contributed by atoms with Crippen LogP contribution in [0.15, 0.2) is 33.0 Å². The number of ether oxygens (including phenoxy) is 3. The lowest BCUT2D eigenvalue weighted by molar-refractivity contribution is -0.169. The molecule has 0 radical (unpaired) electrons. The fourth-order valence-corrected chi connectivity index (χ4v) is 6.32. The van der Waals surface area contributed by atoms with Crippen molar-refractivity contribution in [2.24, 2.45) is 5.92 Å². The predicted octanol–water partition coefficient (Wildman–Crippen LogP) is 4.02. The SMILES string of the molecule is CC(=O)OC(C)(C)C(=O)N1CCC(CCn2c(Sc3cc4c(cc3Br)OCO4)nc3c(N)ncnc32)CC1. The molecule has 1 saturated heterocycles. The number of esters is 1. The highest BCUT2D eigenvalue weighted by Gasteiger charge is 2.36. The summed E-state index contributed by atoms with van der Waals surface area (Å²) >= 11 is 5.12. The van der Waals surface area contributed by atoms with Crippen LogP contribution in [0.5, 0.6) is 11.5 Å². The molecule has 0 saturated carbocycles. The van der Waals surface area contributed by atoms with E-state index >= 15 is 0 Å². The minimum atomic E-state index is -1.16. The summed E-state index contributed by atoms with van der Waals surface area (Å²) in [7, 11) is 0. The molecule has 1 amide bonds. The van der Waals surface area contributed by atoms with Gasteiger partial charge in [-0.05, 0) is 67.1 Å². The highest BCUT2D eigenvalue weighted by atomic mass is 79.9. The molecule has 13 heteroatoms. The van der Waals surface area contributed by atoms with Crippen LogP contribution in [-0.4, -0.2) is 61.8 Å². The Morgan fingerprint density at radius 2 is 1.92 bits per heavy atom. The number of nitrogens with zero attached hydrogens (tertiary/aromatic N) is 5. The van der Waals surface area contributed by atoms with Crippen molar-refractivity contribution in [3.63, 3.8) is 0 Å². The number of likely N-dealkylation sites (tertiary alicyclic amines) is 1. The number of aryl methyl sites for hydroxylation is 1. The van der Waals surface area contributed by atoms with Crippen molar-refractivity contribution in [2.45, 2.75) is 62.2 Å². The number of carbonyl (C=O) groups is 2. The van der Waals surface area contributed by atoms with Gasteiger partial charge in [-0.1, -0.05) is 11.8 Å². The number of fused-ring (bicyclic) bond motifs is 2. The Morgan fingerprint density at radius 3 is 2.63 bits per heavy atom. The lowest BCUT2D eigenvalue weighted by Gasteiger charge is -2.36. The molecule has 2 aliphatic rings. The molecule has 0 atom stereocenters. The molecule has 1 aromatic carbocycles. The van der Waals surface area contributed by atoms with Gasteiger partial charge in [0.15, 0.2) is 39.2 Å². The van der Waals surface area contributed by atoms with Gasteiger partial charge < -0.3 is 29.4 Å². The quantitative estimate of drug-likeness (QED) is 0.394. The first-order valence-electron chi connectivity index (χ1n) is 12.3. The molecule has 38 heavy (non-hydrogen) atoms. The van der Waals surface area contributed by atoms with E-state index in [9.17, 15) is 9.59 Å². The zero-order valence-electron chi connectivity index (χ0n) is 21.4. The number of halogens is 1. The Kier molecular flexibility index (Phi) is 7.40. The van der Waals surface area contributed by atoms with E-state index in [-0.39, 0.29) is 12.7 Å². The number of piperidine rings is 1. The van der Waals surface area contributed by atoms with Gasteiger partial charge in [-0.2, -0.15) is 0 Å². The first kappa shape index (κ1) is 26.5. The number of amides is 1. The number of nitrogens with two attached hydrogens (primary N) is 1. The molecule has 11 nitrogen and oxygen atoms in total. The molecule has 2 aliphatic heterocycles. The molecule has 0 unspecified atom stereocenters. The third kappa shape index (κ3) is 5.39. The van der Waals surface area contributed by atoms with Crippen molar-refractivity contribution >= 4 is 56.6 Å². The normalized spacial score (nSPS) is 15.7. The van der Waals surface area contributed by atoms with Gasteiger partial charge in [0.2, 0.25) is 6.79 Å². The Labute approximate surface area is 232 Å². The second kappa shape index (κ2) is 10.6. The summed E-state index contributed by atoms with van der Waals surface area (Å²) in [5.74, 6) is 1.52. The summed E-state index contributed by atoms with van der Waals surface area (Å²) in [6, 6.07) is 3.82. The second-order valence-electron chi connectivity index (χ2n) is 9.84. The summed E-state index contributed by atoms with van der Waals surface area (Å²) in [6.45, 7) is 6.73. The monoisotopic (exact) mass is 604 g/mol. The summed E-state index contributed by atoms with van der Waals surface area (Å²) in [5.41, 5.74) is 6.23. The number of carbonyl (C=O) groups excluding carboxylic acids is 2. The Balaban J connectivity index is 1.30. The largest absolute Gasteiger partial charge is 0.454 e. The molecule has 2 aromatic heterocycles. The van der Waals surface area contributed by atoms with E-state index in [1.165, 1.54) is 25.0 Å². The van der Waals surface area contributed by atoms with Gasteiger partial charge in [0.05, 0.1) is 0 Å². The van der Waals surface area contributed by atoms with Gasteiger partial charge in [0.25, 0.3) is 5.91 Å². The van der Waals surface area contributed by atoms with Crippen molar-refractivity contribution in [3.8, 4) is 11.5 Å². The van der Waals surface area contributed by atoms with Gasteiger partial charge in [0.1, 0.15) is 6.33 Å². The molecule has 1 fully saturated rings. The number of nitrogen functional groups attached to an aromatic ring is 1. The van der Waals surface area contributed by atoms with E-state index in [2.05, 4.69) is 30.5 Å². The van der Waals surface area contributed by atoms with Crippen LogP contribution in [0, 0.1) is 5.92 Å². The molecule has 2 N–H and O–H groups in total. The van der Waals surface area contributed by atoms with Crippen LogP contribution in [0.3, 0.4) is 0 Å². The van der Waals surface area contributed by atoms with E-state index in [0.29, 0.717) is 54.0 Å². The number of hydrogen-bond donors (Lipinski definition) is 1. The van der Waals surface area contributed by atoms with E-state index in [1.54, 1.807) is 18.7 Å². The van der Waals surface area contributed by atoms with E-state index < -0.39 is 11.6 Å². The molecule has 5 rings (SSSR count). The van der Waals surface area contributed by atoms with Crippen LogP contribution in [0.1, 0.15) is 40.0 Å². The van der Waals surface area contributed by atoms with Crippen LogP contribution in [0.25, 0.3) is 11.2 Å². The maximum atomic E-state index is 12.9. The maximum Gasteiger partial charge on any atom is 0.303 e. The number of rotatable bonds is 7. The maximum absolute atomic E-state index is 12.9. The highest BCUT2D eigenvalue weighted by molar-refractivity contribution is 9.10. The van der Waals surface area contributed by atoms with Gasteiger partial charge in [-0.25, -0.2) is 15.0 Å². The van der Waals surface area contributed by atoms with Crippen LogP contribution < -0.4 is 15.2 Å². The molecular weight excluding hydrogens is 576 g/mol. The van der Waals surface area contributed by atoms with Crippen LogP contribution in [-0.2, 0) is 20.9 Å². The van der Waals surface area contributed by atoms with E-state index in [0.717, 1.165) is 33.8 Å². The van der Waals surface area contributed by atoms with Crippen molar-refractivity contribution in [2.75, 3.05) is 25.6 Å². The Hall–Kier alpha value is -3.06. The van der Waals surface area contributed by atoms with Crippen molar-refractivity contribution in [1.82, 2.24) is 24.4 Å². The zero-order valence-corrected chi connectivity index (χ0v) is 23.8. The third-order valence-corrected chi connectivity index (χ3v) is 8.70. The van der Waals surface area contributed by atoms with Crippen molar-refractivity contribution in [3.05, 3.63) is 22.9 Å². The van der Waals surface area contributed by atoms with Gasteiger partial charge in [-0.15, -0.1) is 0 Å². The van der Waals surface area contributed by atoms with Crippen LogP contribution in [0.4, 0.5) is 5.82 Å². The molecular formula is C25H29BrN6O5S. The number of aromatic nitrogens is 4. The standard InChI is InChI=1S/C25H29BrN6O5S/c1-14(33)37-25(2,3)23(34)31-7-4-15(5-8-31)6-9-32-22-20(21(27)28-12-29-22)30-24(32)38-19-11-18-17(10-16(19)26)35-13-36-18/h10-12,15H,4-9,13H2,1-3H3,(H2,27,28,29). The summed E-state index contributed by atoms with van der Waals surface area (Å²) < 4.78 is 19.2. The summed E-state index contributed by atoms with van der Waals surface area (Å²) in [5, 5.41) is 0.752. The lowest BCUT2D eigenvalue weighted by Crippen LogP contribution is -2.50. The number of hydrogen-bond acceptors (Lipinski definition) is 10. The van der Waals surface area contributed by atoms with Gasteiger partial charge >= 0.3 is 5.97 Å². The van der Waals surface area contributed by atoms with Gasteiger partial charge in [-0.3, -0.25) is 9.59 Å². The number of benzene rings is 1. The molecule has 202 valence electrons. The minimum absolute atomic E-state index is 0.160. The zero-order chi connectivity index (χ0) is 27.0. The van der Waals surface area contributed by atoms with Crippen molar-refractivity contribution < 1.29 is 23.8 Å². The van der Waals surface area contributed by atoms with E-state index in [4.69, 9.17) is 24.9 Å². The minimum Gasteiger partial charge on any atom is -0.454 e. The number of imidazole rings is 1. The van der Waals surface area contributed by atoms with Crippen molar-refractivity contribution in [1.29, 1.82) is 0 Å². The first-order chi connectivity index (χ1) is 18.1. The average Bonchev–Trinajstić information content (AvgIpc) is 3.46. The van der Waals surface area contributed by atoms with Crippen LogP contribution in [0.2, 0.25) is 0 Å². The predicted molar refractivity (Wildman–Crippen MR) is 144 cm³/mol. The first-order valence-corrected chi connectivity index (χ1v) is 14.0. The number of anilines is 1. The smallest absolute Gasteiger partial charge is 0.303 e. The summed E-state index contributed by atoms with van der Waals surface area (Å²) in [6.07, 6.45) is 4.07.